The van der Waals surface area contributed by atoms with Crippen molar-refractivity contribution in [2.75, 3.05) is 5.32 Å². The normalized spacial score (nSPS) is 13.2. The van der Waals surface area contributed by atoms with Crippen molar-refractivity contribution in [1.82, 2.24) is 0 Å². The Morgan fingerprint density at radius 2 is 1.36 bits per heavy atom. The maximum Gasteiger partial charge on any atom is 0.119 e. The number of allylic oxidation sites excluding steroid dienone is 8. The molecule has 0 spiro atoms. The second-order valence-corrected chi connectivity index (χ2v) is 12.7. The third-order valence-electron chi connectivity index (χ3n) is 9.35. The number of hydrogen-bond donors (Lipinski definition) is 2. The van der Waals surface area contributed by atoms with Gasteiger partial charge in [-0.15, -0.1) is 0 Å². The molecular formula is C48H41NO. The van der Waals surface area contributed by atoms with E-state index in [0.717, 1.165) is 59.3 Å². The summed E-state index contributed by atoms with van der Waals surface area (Å²) >= 11 is 0. The fourth-order valence-electron chi connectivity index (χ4n) is 6.76. The highest BCUT2D eigenvalue weighted by Crippen LogP contribution is 2.33. The third-order valence-corrected chi connectivity index (χ3v) is 9.35. The lowest BCUT2D eigenvalue weighted by Crippen LogP contribution is -2.01. The molecule has 2 nitrogen and oxygen atoms in total. The number of nitrogens with one attached hydrogen (secondary N) is 1. The molecule has 0 saturated heterocycles. The molecule has 0 bridgehead atoms. The Bertz CT molecular complexity index is 2250. The van der Waals surface area contributed by atoms with E-state index in [9.17, 15) is 5.11 Å². The van der Waals surface area contributed by atoms with Gasteiger partial charge < -0.3 is 10.4 Å². The minimum atomic E-state index is 0.382. The van der Waals surface area contributed by atoms with Crippen LogP contribution >= 0.6 is 0 Å². The molecule has 0 amide bonds. The van der Waals surface area contributed by atoms with Gasteiger partial charge in [0.1, 0.15) is 5.76 Å². The van der Waals surface area contributed by atoms with E-state index in [1.54, 1.807) is 0 Å². The molecule has 0 heterocycles. The van der Waals surface area contributed by atoms with Crippen LogP contribution in [0.15, 0.2) is 188 Å². The largest absolute Gasteiger partial charge is 0.508 e. The molecule has 50 heavy (non-hydrogen) atoms. The lowest BCUT2D eigenvalue weighted by Gasteiger charge is -2.17. The predicted molar refractivity (Wildman–Crippen MR) is 214 cm³/mol. The minimum Gasteiger partial charge on any atom is -0.508 e. The van der Waals surface area contributed by atoms with Crippen LogP contribution in [0.25, 0.3) is 33.0 Å². The van der Waals surface area contributed by atoms with Gasteiger partial charge in [-0.25, -0.2) is 0 Å². The summed E-state index contributed by atoms with van der Waals surface area (Å²) < 4.78 is 0. The van der Waals surface area contributed by atoms with Gasteiger partial charge >= 0.3 is 0 Å². The first-order valence-electron chi connectivity index (χ1n) is 17.3. The van der Waals surface area contributed by atoms with Crippen LogP contribution in [-0.4, -0.2) is 5.11 Å². The molecule has 0 fully saturated rings. The zero-order valence-electron chi connectivity index (χ0n) is 28.2. The lowest BCUT2D eigenvalue weighted by molar-refractivity contribution is 0.431. The zero-order chi connectivity index (χ0) is 34.1. The van der Waals surface area contributed by atoms with Gasteiger partial charge in [-0.1, -0.05) is 152 Å². The van der Waals surface area contributed by atoms with Crippen molar-refractivity contribution in [3.8, 4) is 11.1 Å². The number of aliphatic hydroxyl groups excluding tert-OH is 1. The molecule has 244 valence electrons. The smallest absolute Gasteiger partial charge is 0.119 e. The van der Waals surface area contributed by atoms with E-state index in [4.69, 9.17) is 0 Å². The molecule has 0 radical (unpaired) electrons. The summed E-state index contributed by atoms with van der Waals surface area (Å²) in [5.41, 5.74) is 12.7. The van der Waals surface area contributed by atoms with Crippen molar-refractivity contribution in [2.45, 2.75) is 25.7 Å². The summed E-state index contributed by atoms with van der Waals surface area (Å²) in [6.45, 7) is 3.95. The number of benzene rings is 6. The van der Waals surface area contributed by atoms with Crippen LogP contribution in [-0.2, 0) is 12.8 Å². The topological polar surface area (TPSA) is 32.3 Å². The fraction of sp³-hybridized carbons (Fsp3) is 0.0833. The second kappa shape index (κ2) is 15.4. The van der Waals surface area contributed by atoms with E-state index >= 15 is 0 Å². The maximum absolute atomic E-state index is 10.6. The zero-order valence-corrected chi connectivity index (χ0v) is 28.2. The SMILES string of the molecule is C=C/C=C(\C=C/Cc1ccc2ccccc2c1)c1ccc(Nc2ccc(-c3ccccc3Cc3ccccc3C3=C(O)C=CCC3)cc2)cc1. The number of rotatable bonds is 11. The highest BCUT2D eigenvalue weighted by atomic mass is 16.3. The standard InChI is InChI=1S/C48H41NO/c1-2-12-36(18-11-13-35-23-24-37-14-3-4-15-40(37)33-35)38-25-29-43(30-26-38)49-44-31-27-39(28-32-44)45-19-7-5-16-41(45)34-42-17-6-8-20-46(42)47-21-9-10-22-48(47)50/h2-8,10-12,14-20,22-33,49-50H,1,9,13,21,34H2/b18-11-,36-12+. The first-order chi connectivity index (χ1) is 24.6. The van der Waals surface area contributed by atoms with Crippen molar-refractivity contribution in [1.29, 1.82) is 0 Å². The molecule has 0 saturated carbocycles. The first-order valence-corrected chi connectivity index (χ1v) is 17.3. The summed E-state index contributed by atoms with van der Waals surface area (Å²) in [7, 11) is 0. The van der Waals surface area contributed by atoms with Crippen LogP contribution in [0, 0.1) is 0 Å². The van der Waals surface area contributed by atoms with Crippen LogP contribution in [0.2, 0.25) is 0 Å². The van der Waals surface area contributed by atoms with Crippen LogP contribution < -0.4 is 5.32 Å². The van der Waals surface area contributed by atoms with Gasteiger partial charge in [-0.05, 0) is 111 Å². The molecular weight excluding hydrogens is 607 g/mol. The van der Waals surface area contributed by atoms with Crippen molar-refractivity contribution < 1.29 is 5.11 Å². The van der Waals surface area contributed by atoms with Gasteiger partial charge in [0.25, 0.3) is 0 Å². The average molecular weight is 648 g/mol. The highest BCUT2D eigenvalue weighted by Gasteiger charge is 2.15. The quantitative estimate of drug-likeness (QED) is 0.137. The van der Waals surface area contributed by atoms with Crippen molar-refractivity contribution in [3.05, 3.63) is 216 Å². The highest BCUT2D eigenvalue weighted by molar-refractivity contribution is 5.83. The Kier molecular flexibility index (Phi) is 9.99. The van der Waals surface area contributed by atoms with E-state index in [2.05, 4.69) is 170 Å². The summed E-state index contributed by atoms with van der Waals surface area (Å²) in [5, 5.41) is 16.7. The van der Waals surface area contributed by atoms with Gasteiger partial charge in [0.2, 0.25) is 0 Å². The number of fused-ring (bicyclic) bond motifs is 1. The van der Waals surface area contributed by atoms with Gasteiger partial charge in [-0.2, -0.15) is 0 Å². The molecule has 0 atom stereocenters. The Morgan fingerprint density at radius 3 is 2.10 bits per heavy atom. The molecule has 1 aliphatic rings. The molecule has 2 heteroatoms. The van der Waals surface area contributed by atoms with Gasteiger partial charge in [-0.3, -0.25) is 0 Å². The van der Waals surface area contributed by atoms with Crippen molar-refractivity contribution in [3.63, 3.8) is 0 Å². The van der Waals surface area contributed by atoms with E-state index in [-0.39, 0.29) is 0 Å². The summed E-state index contributed by atoms with van der Waals surface area (Å²) in [4.78, 5) is 0. The molecule has 2 N–H and O–H groups in total. The van der Waals surface area contributed by atoms with Crippen LogP contribution in [0.5, 0.6) is 0 Å². The molecule has 0 unspecified atom stereocenters. The Labute approximate surface area is 295 Å². The predicted octanol–water partition coefficient (Wildman–Crippen LogP) is 12.8. The third kappa shape index (κ3) is 7.61. The number of anilines is 2. The van der Waals surface area contributed by atoms with E-state index < -0.39 is 0 Å². The monoisotopic (exact) mass is 647 g/mol. The van der Waals surface area contributed by atoms with Crippen molar-refractivity contribution >= 4 is 33.3 Å². The Hall–Kier alpha value is -6.12. The minimum absolute atomic E-state index is 0.382. The van der Waals surface area contributed by atoms with Crippen LogP contribution in [0.3, 0.4) is 0 Å². The van der Waals surface area contributed by atoms with E-state index in [1.165, 1.54) is 38.6 Å². The second-order valence-electron chi connectivity index (χ2n) is 12.7. The first kappa shape index (κ1) is 32.4. The van der Waals surface area contributed by atoms with E-state index in [1.807, 2.05) is 18.2 Å². The molecule has 0 aromatic heterocycles. The molecule has 7 rings (SSSR count). The summed E-state index contributed by atoms with van der Waals surface area (Å²) in [6, 6.07) is 49.5. The van der Waals surface area contributed by atoms with Gasteiger partial charge in [0.15, 0.2) is 0 Å². The molecule has 6 aromatic carbocycles. The number of hydrogen-bond acceptors (Lipinski definition) is 2. The molecule has 1 aliphatic carbocycles. The van der Waals surface area contributed by atoms with E-state index in [0.29, 0.717) is 5.76 Å². The Balaban J connectivity index is 1.03. The maximum atomic E-state index is 10.6. The molecule has 0 aliphatic heterocycles. The van der Waals surface area contributed by atoms with Crippen molar-refractivity contribution in [2.24, 2.45) is 0 Å². The van der Waals surface area contributed by atoms with Crippen LogP contribution in [0.1, 0.15) is 40.7 Å². The average Bonchev–Trinajstić information content (AvgIpc) is 3.16. The fourth-order valence-corrected chi connectivity index (χ4v) is 6.76. The lowest BCUT2D eigenvalue weighted by atomic mass is 9.88. The number of aliphatic hydroxyl groups is 1. The van der Waals surface area contributed by atoms with Gasteiger partial charge in [0, 0.05) is 16.9 Å². The summed E-state index contributed by atoms with van der Waals surface area (Å²) in [5.74, 6) is 0.382. The van der Waals surface area contributed by atoms with Crippen LogP contribution in [0.4, 0.5) is 11.4 Å². The molecule has 6 aromatic rings. The van der Waals surface area contributed by atoms with Gasteiger partial charge in [0.05, 0.1) is 0 Å². The summed E-state index contributed by atoms with van der Waals surface area (Å²) in [6.07, 6.45) is 15.6. The Morgan fingerprint density at radius 1 is 0.700 bits per heavy atom.